The fourth-order valence-electron chi connectivity index (χ4n) is 2.42. The van der Waals surface area contributed by atoms with E-state index in [4.69, 9.17) is 5.73 Å². The number of hydrogen-bond donors (Lipinski definition) is 2. The van der Waals surface area contributed by atoms with Crippen LogP contribution in [-0.4, -0.2) is 16.3 Å². The van der Waals surface area contributed by atoms with Gasteiger partial charge in [0.1, 0.15) is 5.82 Å². The van der Waals surface area contributed by atoms with Crippen molar-refractivity contribution in [3.8, 4) is 0 Å². The van der Waals surface area contributed by atoms with Crippen LogP contribution in [0.5, 0.6) is 0 Å². The third-order valence-electron chi connectivity index (χ3n) is 3.80. The number of rotatable bonds is 9. The Kier molecular flexibility index (Phi) is 6.37. The van der Waals surface area contributed by atoms with Crippen LogP contribution in [0.3, 0.4) is 0 Å². The van der Waals surface area contributed by atoms with Crippen LogP contribution < -0.4 is 11.1 Å². The second-order valence-corrected chi connectivity index (χ2v) is 6.55. The minimum atomic E-state index is 0.289. The van der Waals surface area contributed by atoms with E-state index < -0.39 is 0 Å². The Morgan fingerprint density at radius 1 is 1.20 bits per heavy atom. The van der Waals surface area contributed by atoms with Crippen molar-refractivity contribution in [1.82, 2.24) is 9.78 Å². The zero-order valence-corrected chi connectivity index (χ0v) is 13.9. The monoisotopic (exact) mass is 280 g/mol. The van der Waals surface area contributed by atoms with Gasteiger partial charge < -0.3 is 11.1 Å². The van der Waals surface area contributed by atoms with Crippen molar-refractivity contribution in [3.63, 3.8) is 0 Å². The van der Waals surface area contributed by atoms with Crippen LogP contribution in [0.2, 0.25) is 0 Å². The molecule has 1 aromatic heterocycles. The van der Waals surface area contributed by atoms with Crippen molar-refractivity contribution in [2.75, 3.05) is 17.6 Å². The first-order valence-electron chi connectivity index (χ1n) is 7.98. The molecule has 0 aliphatic heterocycles. The average molecular weight is 280 g/mol. The molecule has 0 fully saturated rings. The molecule has 116 valence electrons. The van der Waals surface area contributed by atoms with Gasteiger partial charge in [-0.3, -0.25) is 0 Å². The molecule has 20 heavy (non-hydrogen) atoms. The number of hydrogen-bond acceptors (Lipinski definition) is 3. The van der Waals surface area contributed by atoms with E-state index >= 15 is 0 Å². The fourth-order valence-corrected chi connectivity index (χ4v) is 2.42. The Labute approximate surface area is 124 Å². The van der Waals surface area contributed by atoms with Crippen molar-refractivity contribution >= 4 is 11.5 Å². The van der Waals surface area contributed by atoms with Gasteiger partial charge in [0.05, 0.1) is 11.4 Å². The number of unbranched alkanes of at least 4 members (excludes halogenated alkanes) is 2. The third kappa shape index (κ3) is 4.73. The predicted octanol–water partition coefficient (Wildman–Crippen LogP) is 4.20. The van der Waals surface area contributed by atoms with Gasteiger partial charge >= 0.3 is 0 Å². The van der Waals surface area contributed by atoms with E-state index in [0.717, 1.165) is 36.7 Å². The van der Waals surface area contributed by atoms with Crippen molar-refractivity contribution in [3.05, 3.63) is 5.69 Å². The molecule has 0 atom stereocenters. The molecule has 0 radical (unpaired) electrons. The zero-order valence-electron chi connectivity index (χ0n) is 13.9. The summed E-state index contributed by atoms with van der Waals surface area (Å²) in [6.07, 6.45) is 6.20. The minimum Gasteiger partial charge on any atom is -0.394 e. The van der Waals surface area contributed by atoms with Crippen molar-refractivity contribution in [2.24, 2.45) is 5.41 Å². The molecule has 4 nitrogen and oxygen atoms in total. The lowest BCUT2D eigenvalue weighted by Crippen LogP contribution is -2.24. The lowest BCUT2D eigenvalue weighted by atomic mass is 9.87. The average Bonchev–Trinajstić information content (AvgIpc) is 2.64. The smallest absolute Gasteiger partial charge is 0.148 e. The van der Waals surface area contributed by atoms with E-state index in [1.807, 2.05) is 11.6 Å². The number of nitrogens with two attached hydrogens (primary N) is 1. The zero-order chi connectivity index (χ0) is 15.2. The number of anilines is 2. The summed E-state index contributed by atoms with van der Waals surface area (Å²) in [5, 5.41) is 8.04. The summed E-state index contributed by atoms with van der Waals surface area (Å²) in [6, 6.07) is 0. The molecule has 1 aromatic rings. The Bertz CT molecular complexity index is 407. The molecule has 1 rings (SSSR count). The summed E-state index contributed by atoms with van der Waals surface area (Å²) >= 11 is 0. The van der Waals surface area contributed by atoms with Gasteiger partial charge in [-0.25, -0.2) is 4.68 Å². The molecule has 0 aliphatic rings. The topological polar surface area (TPSA) is 55.9 Å². The Morgan fingerprint density at radius 2 is 1.90 bits per heavy atom. The second kappa shape index (κ2) is 7.55. The van der Waals surface area contributed by atoms with Crippen LogP contribution in [-0.2, 0) is 6.54 Å². The van der Waals surface area contributed by atoms with E-state index in [1.165, 1.54) is 25.7 Å². The molecule has 0 saturated heterocycles. The van der Waals surface area contributed by atoms with Crippen molar-refractivity contribution in [2.45, 2.75) is 73.3 Å². The van der Waals surface area contributed by atoms with Gasteiger partial charge in [-0.05, 0) is 25.2 Å². The second-order valence-electron chi connectivity index (χ2n) is 6.55. The number of nitrogen functional groups attached to an aromatic ring is 1. The number of aromatic nitrogens is 2. The normalized spacial score (nSPS) is 11.8. The standard InChI is InChI=1S/C16H32N4/c1-6-8-9-10-16(4,5)12-18-15-14(17)13(3)19-20(15)11-7-2/h18H,6-12,17H2,1-5H3. The number of nitrogens with zero attached hydrogens (tertiary/aromatic N) is 2. The van der Waals surface area contributed by atoms with Crippen LogP contribution in [0.1, 0.15) is 65.5 Å². The Balaban J connectivity index is 2.64. The summed E-state index contributed by atoms with van der Waals surface area (Å²) in [5.74, 6) is 0.993. The first-order valence-corrected chi connectivity index (χ1v) is 7.98. The SMILES string of the molecule is CCCCCC(C)(C)CNc1c(N)c(C)nn1CCC. The minimum absolute atomic E-state index is 0.289. The van der Waals surface area contributed by atoms with Crippen molar-refractivity contribution < 1.29 is 0 Å². The fraction of sp³-hybridized carbons (Fsp3) is 0.812. The van der Waals surface area contributed by atoms with E-state index in [9.17, 15) is 0 Å². The highest BCUT2D eigenvalue weighted by molar-refractivity contribution is 5.64. The van der Waals surface area contributed by atoms with Gasteiger partial charge in [0.2, 0.25) is 0 Å². The van der Waals surface area contributed by atoms with Crippen LogP contribution in [0, 0.1) is 12.3 Å². The van der Waals surface area contributed by atoms with Crippen LogP contribution in [0.25, 0.3) is 0 Å². The quantitative estimate of drug-likeness (QED) is 0.666. The maximum Gasteiger partial charge on any atom is 0.148 e. The van der Waals surface area contributed by atoms with E-state index in [1.54, 1.807) is 0 Å². The van der Waals surface area contributed by atoms with Gasteiger partial charge in [0, 0.05) is 13.1 Å². The molecule has 0 aliphatic carbocycles. The Morgan fingerprint density at radius 3 is 2.50 bits per heavy atom. The van der Waals surface area contributed by atoms with Gasteiger partial charge in [0.25, 0.3) is 0 Å². The summed E-state index contributed by atoms with van der Waals surface area (Å²) in [5.41, 5.74) is 8.14. The molecule has 1 heterocycles. The van der Waals surface area contributed by atoms with Gasteiger partial charge in [-0.15, -0.1) is 0 Å². The molecule has 3 N–H and O–H groups in total. The molecular formula is C16H32N4. The highest BCUT2D eigenvalue weighted by Crippen LogP contribution is 2.27. The maximum atomic E-state index is 6.14. The van der Waals surface area contributed by atoms with E-state index in [2.05, 4.69) is 38.1 Å². The predicted molar refractivity (Wildman–Crippen MR) is 88.1 cm³/mol. The molecule has 4 heteroatoms. The van der Waals surface area contributed by atoms with Gasteiger partial charge in [-0.1, -0.05) is 47.0 Å². The lowest BCUT2D eigenvalue weighted by molar-refractivity contribution is 0.341. The first-order chi connectivity index (χ1) is 9.41. The summed E-state index contributed by atoms with van der Waals surface area (Å²) in [4.78, 5) is 0. The highest BCUT2D eigenvalue weighted by Gasteiger charge is 2.19. The lowest BCUT2D eigenvalue weighted by Gasteiger charge is -2.26. The summed E-state index contributed by atoms with van der Waals surface area (Å²) < 4.78 is 2.01. The molecule has 0 unspecified atom stereocenters. The molecule has 0 bridgehead atoms. The van der Waals surface area contributed by atoms with E-state index in [0.29, 0.717) is 0 Å². The number of nitrogens with one attached hydrogen (secondary N) is 1. The maximum absolute atomic E-state index is 6.14. The molecular weight excluding hydrogens is 248 g/mol. The third-order valence-corrected chi connectivity index (χ3v) is 3.80. The molecule has 0 saturated carbocycles. The molecule has 0 aromatic carbocycles. The number of aryl methyl sites for hydroxylation is 2. The van der Waals surface area contributed by atoms with Gasteiger partial charge in [-0.2, -0.15) is 5.10 Å². The highest BCUT2D eigenvalue weighted by atomic mass is 15.3. The summed E-state index contributed by atoms with van der Waals surface area (Å²) in [7, 11) is 0. The van der Waals surface area contributed by atoms with Crippen LogP contribution in [0.4, 0.5) is 11.5 Å². The van der Waals surface area contributed by atoms with Crippen molar-refractivity contribution in [1.29, 1.82) is 0 Å². The van der Waals surface area contributed by atoms with Gasteiger partial charge in [0.15, 0.2) is 0 Å². The first kappa shape index (κ1) is 16.9. The molecule has 0 amide bonds. The van der Waals surface area contributed by atoms with E-state index in [-0.39, 0.29) is 5.41 Å². The molecule has 0 spiro atoms. The Hall–Kier alpha value is -1.19. The summed E-state index contributed by atoms with van der Waals surface area (Å²) in [6.45, 7) is 12.9. The van der Waals surface area contributed by atoms with Crippen LogP contribution in [0.15, 0.2) is 0 Å². The largest absolute Gasteiger partial charge is 0.394 e. The van der Waals surface area contributed by atoms with Crippen LogP contribution >= 0.6 is 0 Å².